The fraction of sp³-hybridized carbons (Fsp3) is 0.692. The van der Waals surface area contributed by atoms with E-state index in [1.807, 2.05) is 7.05 Å². The average Bonchev–Trinajstić information content (AvgIpc) is 2.28. The Labute approximate surface area is 108 Å². The first-order valence-corrected chi connectivity index (χ1v) is 6.36. The Morgan fingerprint density at radius 2 is 2.11 bits per heavy atom. The minimum absolute atomic E-state index is 0.0701. The molecule has 1 aromatic heterocycles. The molecule has 1 unspecified atom stereocenters. The quantitative estimate of drug-likeness (QED) is 0.825. The van der Waals surface area contributed by atoms with Gasteiger partial charge in [0.2, 0.25) is 0 Å². The normalized spacial score (nSPS) is 12.8. The van der Waals surface area contributed by atoms with E-state index >= 15 is 0 Å². The number of aromatic nitrogens is 2. The molecule has 102 valence electrons. The van der Waals surface area contributed by atoms with Crippen LogP contribution in [0.15, 0.2) is 17.2 Å². The predicted molar refractivity (Wildman–Crippen MR) is 72.9 cm³/mol. The van der Waals surface area contributed by atoms with Gasteiger partial charge in [-0.25, -0.2) is 4.98 Å². The third kappa shape index (κ3) is 4.14. The number of hydrogen-bond donors (Lipinski definition) is 1. The molecule has 0 saturated heterocycles. The lowest BCUT2D eigenvalue weighted by molar-refractivity contribution is 0.186. The van der Waals surface area contributed by atoms with Gasteiger partial charge in [0.25, 0.3) is 5.56 Å². The molecular weight excluding hydrogens is 230 g/mol. The monoisotopic (exact) mass is 253 g/mol. The summed E-state index contributed by atoms with van der Waals surface area (Å²) in [7, 11) is 1.83. The van der Waals surface area contributed by atoms with Crippen LogP contribution in [0.1, 0.15) is 27.2 Å². The molecule has 5 heteroatoms. The number of rotatable bonds is 6. The average molecular weight is 253 g/mol. The van der Waals surface area contributed by atoms with E-state index in [4.69, 9.17) is 0 Å². The van der Waals surface area contributed by atoms with Crippen molar-refractivity contribution in [2.75, 3.05) is 18.5 Å². The molecule has 0 bridgehead atoms. The molecule has 0 aromatic carbocycles. The summed E-state index contributed by atoms with van der Waals surface area (Å²) in [4.78, 5) is 18.1. The van der Waals surface area contributed by atoms with Crippen molar-refractivity contribution in [3.63, 3.8) is 0 Å². The van der Waals surface area contributed by atoms with Crippen molar-refractivity contribution in [1.82, 2.24) is 9.55 Å². The number of nitrogens with zero attached hydrogens (tertiary/aromatic N) is 3. The van der Waals surface area contributed by atoms with Gasteiger partial charge in [-0.1, -0.05) is 13.8 Å². The van der Waals surface area contributed by atoms with E-state index in [1.54, 1.807) is 28.8 Å². The summed E-state index contributed by atoms with van der Waals surface area (Å²) in [5, 5.41) is 9.26. The zero-order valence-electron chi connectivity index (χ0n) is 11.6. The van der Waals surface area contributed by atoms with Crippen LogP contribution in [0.25, 0.3) is 0 Å². The summed E-state index contributed by atoms with van der Waals surface area (Å²) in [6.07, 6.45) is 3.62. The molecule has 0 aliphatic rings. The van der Waals surface area contributed by atoms with Crippen LogP contribution in [-0.2, 0) is 6.54 Å². The van der Waals surface area contributed by atoms with Crippen molar-refractivity contribution in [1.29, 1.82) is 0 Å². The van der Waals surface area contributed by atoms with Gasteiger partial charge in [-0.3, -0.25) is 4.79 Å². The van der Waals surface area contributed by atoms with Crippen molar-refractivity contribution in [3.8, 4) is 0 Å². The molecule has 0 aliphatic heterocycles. The second-order valence-corrected chi connectivity index (χ2v) is 5.16. The molecule has 0 saturated carbocycles. The van der Waals surface area contributed by atoms with E-state index in [2.05, 4.69) is 18.8 Å². The Morgan fingerprint density at radius 3 is 2.67 bits per heavy atom. The van der Waals surface area contributed by atoms with Crippen LogP contribution in [0.3, 0.4) is 0 Å². The highest BCUT2D eigenvalue weighted by Gasteiger charge is 2.11. The van der Waals surface area contributed by atoms with Gasteiger partial charge < -0.3 is 14.6 Å². The van der Waals surface area contributed by atoms with Crippen LogP contribution >= 0.6 is 0 Å². The molecule has 1 N–H and O–H groups in total. The predicted octanol–water partition coefficient (Wildman–Crippen LogP) is 1.11. The van der Waals surface area contributed by atoms with E-state index in [-0.39, 0.29) is 11.7 Å². The smallest absolute Gasteiger partial charge is 0.293 e. The Hall–Kier alpha value is -1.36. The lowest BCUT2D eigenvalue weighted by Crippen LogP contribution is -2.32. The van der Waals surface area contributed by atoms with Gasteiger partial charge >= 0.3 is 0 Å². The first-order valence-electron chi connectivity index (χ1n) is 6.36. The van der Waals surface area contributed by atoms with Gasteiger partial charge in [0.15, 0.2) is 5.82 Å². The van der Waals surface area contributed by atoms with Gasteiger partial charge in [-0.15, -0.1) is 0 Å². The van der Waals surface area contributed by atoms with Gasteiger partial charge in [0.05, 0.1) is 6.10 Å². The number of aliphatic hydroxyl groups is 1. The largest absolute Gasteiger partial charge is 0.393 e. The molecule has 0 aliphatic carbocycles. The molecule has 1 heterocycles. The van der Waals surface area contributed by atoms with Crippen LogP contribution in [-0.4, -0.2) is 34.4 Å². The maximum atomic E-state index is 12.2. The van der Waals surface area contributed by atoms with Crippen molar-refractivity contribution < 1.29 is 5.11 Å². The van der Waals surface area contributed by atoms with E-state index in [9.17, 15) is 9.90 Å². The topological polar surface area (TPSA) is 58.4 Å². The number of anilines is 1. The summed E-state index contributed by atoms with van der Waals surface area (Å²) >= 11 is 0. The highest BCUT2D eigenvalue weighted by atomic mass is 16.3. The molecule has 0 radical (unpaired) electrons. The Bertz CT molecular complexity index is 426. The highest BCUT2D eigenvalue weighted by molar-refractivity contribution is 5.34. The molecule has 1 atom stereocenters. The second kappa shape index (κ2) is 6.54. The molecule has 1 rings (SSSR count). The summed E-state index contributed by atoms with van der Waals surface area (Å²) in [6.45, 7) is 7.20. The van der Waals surface area contributed by atoms with Gasteiger partial charge in [-0.05, 0) is 19.3 Å². The molecular formula is C13H23N3O2. The molecule has 0 amide bonds. The fourth-order valence-electron chi connectivity index (χ4n) is 1.72. The van der Waals surface area contributed by atoms with Crippen molar-refractivity contribution in [3.05, 3.63) is 22.7 Å². The third-order valence-corrected chi connectivity index (χ3v) is 2.70. The maximum Gasteiger partial charge on any atom is 0.293 e. The first-order chi connectivity index (χ1) is 8.41. The molecule has 18 heavy (non-hydrogen) atoms. The van der Waals surface area contributed by atoms with Crippen LogP contribution < -0.4 is 10.5 Å². The maximum absolute atomic E-state index is 12.2. The van der Waals surface area contributed by atoms with Crippen LogP contribution in [0.5, 0.6) is 0 Å². The third-order valence-electron chi connectivity index (χ3n) is 2.70. The molecule has 5 nitrogen and oxygen atoms in total. The minimum atomic E-state index is -0.367. The fourth-order valence-corrected chi connectivity index (χ4v) is 1.72. The zero-order chi connectivity index (χ0) is 13.7. The van der Waals surface area contributed by atoms with Crippen molar-refractivity contribution in [2.45, 2.75) is 39.8 Å². The first kappa shape index (κ1) is 14.7. The highest BCUT2D eigenvalue weighted by Crippen LogP contribution is 2.04. The lowest BCUT2D eigenvalue weighted by atomic mass is 10.2. The zero-order valence-corrected chi connectivity index (χ0v) is 11.6. The minimum Gasteiger partial charge on any atom is -0.393 e. The van der Waals surface area contributed by atoms with Crippen LogP contribution in [0.4, 0.5) is 5.82 Å². The standard InChI is InChI=1S/C13H23N3O2/c1-10(2)9-16-8-6-14-12(13(16)18)15(4)7-5-11(3)17/h6,8,10-11,17H,5,7,9H2,1-4H3. The Kier molecular flexibility index (Phi) is 5.34. The van der Waals surface area contributed by atoms with Crippen molar-refractivity contribution in [2.24, 2.45) is 5.92 Å². The van der Waals surface area contributed by atoms with E-state index < -0.39 is 0 Å². The van der Waals surface area contributed by atoms with Crippen LogP contribution in [0, 0.1) is 5.92 Å². The second-order valence-electron chi connectivity index (χ2n) is 5.16. The Balaban J connectivity index is 2.86. The summed E-state index contributed by atoms with van der Waals surface area (Å²) < 4.78 is 1.69. The summed E-state index contributed by atoms with van der Waals surface area (Å²) in [5.74, 6) is 0.861. The van der Waals surface area contributed by atoms with Crippen molar-refractivity contribution >= 4 is 5.82 Å². The number of hydrogen-bond acceptors (Lipinski definition) is 4. The molecule has 0 spiro atoms. The molecule has 0 fully saturated rings. The SMILES string of the molecule is CC(C)Cn1ccnc(N(C)CCC(C)O)c1=O. The van der Waals surface area contributed by atoms with Gasteiger partial charge in [-0.2, -0.15) is 0 Å². The lowest BCUT2D eigenvalue weighted by Gasteiger charge is -2.19. The van der Waals surface area contributed by atoms with E-state index in [1.165, 1.54) is 0 Å². The number of aliphatic hydroxyl groups excluding tert-OH is 1. The van der Waals surface area contributed by atoms with E-state index in [0.29, 0.717) is 31.2 Å². The Morgan fingerprint density at radius 1 is 1.44 bits per heavy atom. The summed E-state index contributed by atoms with van der Waals surface area (Å²) in [6, 6.07) is 0. The molecule has 1 aromatic rings. The van der Waals surface area contributed by atoms with Gasteiger partial charge in [0, 0.05) is 32.5 Å². The van der Waals surface area contributed by atoms with Crippen LogP contribution in [0.2, 0.25) is 0 Å². The van der Waals surface area contributed by atoms with E-state index in [0.717, 1.165) is 0 Å². The van der Waals surface area contributed by atoms with Gasteiger partial charge in [0.1, 0.15) is 0 Å². The summed E-state index contributed by atoms with van der Waals surface area (Å²) in [5.41, 5.74) is -0.0701.